The van der Waals surface area contributed by atoms with Crippen molar-refractivity contribution < 1.29 is 13.9 Å². The third kappa shape index (κ3) is 4.11. The van der Waals surface area contributed by atoms with E-state index in [1.54, 1.807) is 0 Å². The van der Waals surface area contributed by atoms with Gasteiger partial charge in [0, 0.05) is 31.6 Å². The number of benzene rings is 1. The van der Waals surface area contributed by atoms with E-state index in [-0.39, 0.29) is 23.5 Å². The van der Waals surface area contributed by atoms with Crippen LogP contribution < -0.4 is 9.64 Å². The van der Waals surface area contributed by atoms with E-state index in [1.165, 1.54) is 35.6 Å². The zero-order valence-corrected chi connectivity index (χ0v) is 24.0. The van der Waals surface area contributed by atoms with Gasteiger partial charge < -0.3 is 14.5 Å². The molecule has 4 atom stereocenters. The number of rotatable bonds is 6. The van der Waals surface area contributed by atoms with Crippen LogP contribution in [0.2, 0.25) is 0 Å². The van der Waals surface area contributed by atoms with Gasteiger partial charge in [0.25, 0.3) is 0 Å². The fourth-order valence-electron chi connectivity index (χ4n) is 8.33. The number of hydrogen-bond acceptors (Lipinski definition) is 7. The van der Waals surface area contributed by atoms with Gasteiger partial charge in [-0.05, 0) is 80.8 Å². The van der Waals surface area contributed by atoms with E-state index < -0.39 is 6.17 Å². The van der Waals surface area contributed by atoms with Gasteiger partial charge in [-0.15, -0.1) is 0 Å². The number of carbonyl (C=O) groups is 1. The zero-order chi connectivity index (χ0) is 28.4. The van der Waals surface area contributed by atoms with Crippen molar-refractivity contribution in [2.45, 2.75) is 75.2 Å². The number of aromatic nitrogens is 3. The minimum atomic E-state index is -0.815. The van der Waals surface area contributed by atoms with Crippen LogP contribution in [0.15, 0.2) is 43.0 Å². The van der Waals surface area contributed by atoms with Crippen LogP contribution in [0.25, 0.3) is 22.3 Å². The van der Waals surface area contributed by atoms with Gasteiger partial charge in [-0.3, -0.25) is 9.69 Å². The third-order valence-corrected chi connectivity index (χ3v) is 10.4. The summed E-state index contributed by atoms with van der Waals surface area (Å²) in [6.45, 7) is 6.87. The van der Waals surface area contributed by atoms with E-state index in [2.05, 4.69) is 46.7 Å². The van der Waals surface area contributed by atoms with Crippen LogP contribution in [0.1, 0.15) is 49.7 Å². The Bertz CT molecular complexity index is 1580. The molecule has 218 valence electrons. The lowest BCUT2D eigenvalue weighted by Crippen LogP contribution is -2.63. The first kappa shape index (κ1) is 26.1. The largest absolute Gasteiger partial charge is 0.461 e. The maximum atomic E-state index is 14.4. The summed E-state index contributed by atoms with van der Waals surface area (Å²) in [6.07, 6.45) is 8.56. The predicted molar refractivity (Wildman–Crippen MR) is 159 cm³/mol. The highest BCUT2D eigenvalue weighted by atomic mass is 19.1. The molecule has 1 aliphatic carbocycles. The topological polar surface area (TPSA) is 74.7 Å². The van der Waals surface area contributed by atoms with Gasteiger partial charge in [-0.2, -0.15) is 9.97 Å². The number of likely N-dealkylation sites (tertiary alicyclic amines) is 1. The Morgan fingerprint density at radius 1 is 1.07 bits per heavy atom. The summed E-state index contributed by atoms with van der Waals surface area (Å²) in [5, 5.41) is 0.883. The Morgan fingerprint density at radius 3 is 2.88 bits per heavy atom. The summed E-state index contributed by atoms with van der Waals surface area (Å²) in [5.41, 5.74) is 5.23. The van der Waals surface area contributed by atoms with Gasteiger partial charge in [-0.1, -0.05) is 24.8 Å². The average Bonchev–Trinajstić information content (AvgIpc) is 3.64. The Morgan fingerprint density at radius 2 is 1.98 bits per heavy atom. The number of amides is 1. The fraction of sp³-hybridized carbons (Fsp3) is 0.515. The van der Waals surface area contributed by atoms with Crippen molar-refractivity contribution in [3.05, 3.63) is 54.1 Å². The van der Waals surface area contributed by atoms with Gasteiger partial charge in [0.15, 0.2) is 5.65 Å². The summed E-state index contributed by atoms with van der Waals surface area (Å²) in [7, 11) is 0. The maximum absolute atomic E-state index is 14.4. The molecule has 8 rings (SSSR count). The third-order valence-electron chi connectivity index (χ3n) is 10.4. The van der Waals surface area contributed by atoms with Gasteiger partial charge in [-0.25, -0.2) is 9.37 Å². The molecule has 0 N–H and O–H groups in total. The van der Waals surface area contributed by atoms with Gasteiger partial charge >= 0.3 is 6.01 Å². The fourth-order valence-corrected chi connectivity index (χ4v) is 8.33. The minimum Gasteiger partial charge on any atom is -0.461 e. The van der Waals surface area contributed by atoms with Crippen molar-refractivity contribution >= 4 is 22.8 Å². The lowest BCUT2D eigenvalue weighted by molar-refractivity contribution is -0.127. The molecule has 0 spiro atoms. The molecule has 0 saturated carbocycles. The predicted octanol–water partition coefficient (Wildman–Crippen LogP) is 4.50. The first-order chi connectivity index (χ1) is 20.5. The van der Waals surface area contributed by atoms with E-state index >= 15 is 0 Å². The van der Waals surface area contributed by atoms with Crippen molar-refractivity contribution in [3.8, 4) is 17.3 Å². The summed E-state index contributed by atoms with van der Waals surface area (Å²) < 4.78 is 20.8. The highest BCUT2D eigenvalue weighted by molar-refractivity contribution is 5.91. The molecule has 8 nitrogen and oxygen atoms in total. The molecule has 1 aromatic carbocycles. The first-order valence-corrected chi connectivity index (χ1v) is 15.5. The molecule has 3 aromatic rings. The molecule has 4 fully saturated rings. The molecule has 5 aliphatic rings. The summed E-state index contributed by atoms with van der Waals surface area (Å²) >= 11 is 0. The molecular formula is C33H37FN6O2. The van der Waals surface area contributed by atoms with Crippen LogP contribution in [-0.2, 0) is 17.6 Å². The second-order valence-corrected chi connectivity index (χ2v) is 12.7. The number of aryl methyl sites for hydroxylation is 1. The number of fused-ring (bicyclic) bond motifs is 4. The van der Waals surface area contributed by atoms with Crippen LogP contribution in [0.3, 0.4) is 0 Å². The van der Waals surface area contributed by atoms with Crippen molar-refractivity contribution in [2.24, 2.45) is 0 Å². The lowest BCUT2D eigenvalue weighted by atomic mass is 9.87. The average molecular weight is 569 g/mol. The Labute approximate surface area is 245 Å². The van der Waals surface area contributed by atoms with Crippen LogP contribution >= 0.6 is 0 Å². The molecule has 4 saturated heterocycles. The van der Waals surface area contributed by atoms with Gasteiger partial charge in [0.05, 0.1) is 28.7 Å². The monoisotopic (exact) mass is 568 g/mol. The number of pyridine rings is 1. The molecule has 2 aromatic heterocycles. The SMILES string of the molecule is C=CC(=O)N1CC[C@@H]2[C@H]1CN2c1nc(OC[C@@]23CCCN2C[C@H](F)C3)nc2nc(-c3cccc4c3CCCC4)ccc12. The van der Waals surface area contributed by atoms with Crippen LogP contribution in [0.4, 0.5) is 10.2 Å². The number of carbonyl (C=O) groups excluding carboxylic acids is 1. The number of nitrogens with zero attached hydrogens (tertiary/aromatic N) is 6. The minimum absolute atomic E-state index is 0.0145. The molecule has 42 heavy (non-hydrogen) atoms. The summed E-state index contributed by atoms with van der Waals surface area (Å²) in [5.74, 6) is 0.785. The van der Waals surface area contributed by atoms with Crippen molar-refractivity contribution in [2.75, 3.05) is 37.7 Å². The maximum Gasteiger partial charge on any atom is 0.320 e. The van der Waals surface area contributed by atoms with Gasteiger partial charge in [0.2, 0.25) is 5.91 Å². The zero-order valence-electron chi connectivity index (χ0n) is 24.0. The van der Waals surface area contributed by atoms with Crippen molar-refractivity contribution in [3.63, 3.8) is 0 Å². The summed E-state index contributed by atoms with van der Waals surface area (Å²) in [6, 6.07) is 11.4. The smallest absolute Gasteiger partial charge is 0.320 e. The number of ether oxygens (including phenoxy) is 1. The Kier molecular flexibility index (Phi) is 6.21. The molecule has 0 unspecified atom stereocenters. The van der Waals surface area contributed by atoms with Crippen LogP contribution in [0.5, 0.6) is 6.01 Å². The highest BCUT2D eigenvalue weighted by Gasteiger charge is 2.51. The van der Waals surface area contributed by atoms with E-state index in [4.69, 9.17) is 19.7 Å². The number of hydrogen-bond donors (Lipinski definition) is 0. The molecule has 9 heteroatoms. The molecule has 6 heterocycles. The second kappa shape index (κ2) is 10.0. The van der Waals surface area contributed by atoms with Crippen LogP contribution in [0, 0.1) is 0 Å². The second-order valence-electron chi connectivity index (χ2n) is 12.7. The number of anilines is 1. The molecule has 0 bridgehead atoms. The van der Waals surface area contributed by atoms with Crippen LogP contribution in [-0.4, -0.2) is 87.2 Å². The quantitative estimate of drug-likeness (QED) is 0.406. The number of alkyl halides is 1. The van der Waals surface area contributed by atoms with Crippen molar-refractivity contribution in [1.29, 1.82) is 0 Å². The number of halogens is 1. The normalized spacial score (nSPS) is 28.4. The van der Waals surface area contributed by atoms with E-state index in [9.17, 15) is 9.18 Å². The summed E-state index contributed by atoms with van der Waals surface area (Å²) in [4.78, 5) is 33.8. The molecular weight excluding hydrogens is 531 g/mol. The highest BCUT2D eigenvalue weighted by Crippen LogP contribution is 2.42. The van der Waals surface area contributed by atoms with Gasteiger partial charge in [0.1, 0.15) is 18.6 Å². The van der Waals surface area contributed by atoms with Crippen molar-refractivity contribution in [1.82, 2.24) is 24.8 Å². The Balaban J connectivity index is 1.17. The molecule has 4 aliphatic heterocycles. The van der Waals surface area contributed by atoms with E-state index in [0.717, 1.165) is 55.5 Å². The first-order valence-electron chi connectivity index (χ1n) is 15.5. The van der Waals surface area contributed by atoms with E-state index in [1.807, 2.05) is 4.90 Å². The molecule has 0 radical (unpaired) electrons. The standard InChI is InChI=1S/C33H37FN6O2/c1-2-29(41)39-16-13-27-28(39)19-40(27)31-25-11-12-26(24-10-5-8-21-7-3-4-9-23(21)24)35-30(25)36-32(37-31)42-20-33-14-6-15-38(33)18-22(34)17-33/h2,5,8,10-12,22,27-28H,1,3-4,6-7,9,13-20H2/t22-,27-,28-,33+/m1/s1. The lowest BCUT2D eigenvalue weighted by Gasteiger charge is -2.47. The molecule has 1 amide bonds. The van der Waals surface area contributed by atoms with E-state index in [0.29, 0.717) is 44.3 Å². The Hall–Kier alpha value is -3.59.